The van der Waals surface area contributed by atoms with E-state index in [0.717, 1.165) is 44.7 Å². The molecule has 5 heteroatoms. The van der Waals surface area contributed by atoms with Gasteiger partial charge in [0.25, 0.3) is 0 Å². The quantitative estimate of drug-likeness (QED) is 0.869. The number of carbonyl (C=O) groups is 2. The van der Waals surface area contributed by atoms with Gasteiger partial charge in [-0.15, -0.1) is 0 Å². The van der Waals surface area contributed by atoms with E-state index in [-0.39, 0.29) is 11.8 Å². The van der Waals surface area contributed by atoms with Gasteiger partial charge in [0.2, 0.25) is 11.8 Å². The Balaban J connectivity index is 1.88. The van der Waals surface area contributed by atoms with Gasteiger partial charge in [-0.1, -0.05) is 18.2 Å². The first-order chi connectivity index (χ1) is 9.58. The van der Waals surface area contributed by atoms with Crippen molar-refractivity contribution in [2.75, 3.05) is 32.7 Å². The van der Waals surface area contributed by atoms with E-state index in [1.165, 1.54) is 0 Å². The molecule has 0 radical (unpaired) electrons. The lowest BCUT2D eigenvalue weighted by atomic mass is 10.0. The molecule has 1 fully saturated rings. The molecule has 0 spiro atoms. The molecule has 1 aliphatic heterocycles. The molecule has 1 aromatic rings. The number of primary amides is 1. The van der Waals surface area contributed by atoms with Crippen molar-refractivity contribution in [2.45, 2.75) is 13.3 Å². The van der Waals surface area contributed by atoms with Crippen LogP contribution in [-0.2, 0) is 11.2 Å². The van der Waals surface area contributed by atoms with Gasteiger partial charge in [-0.2, -0.15) is 0 Å². The number of benzene rings is 1. The van der Waals surface area contributed by atoms with E-state index in [2.05, 4.69) is 4.90 Å². The van der Waals surface area contributed by atoms with Crippen LogP contribution in [0.2, 0.25) is 0 Å². The third kappa shape index (κ3) is 3.57. The molecule has 20 heavy (non-hydrogen) atoms. The summed E-state index contributed by atoms with van der Waals surface area (Å²) in [5.41, 5.74) is 6.98. The molecule has 0 aromatic heterocycles. The summed E-state index contributed by atoms with van der Waals surface area (Å²) in [5, 5.41) is 0. The van der Waals surface area contributed by atoms with Crippen LogP contribution in [0, 0.1) is 0 Å². The van der Waals surface area contributed by atoms with Crippen molar-refractivity contribution >= 4 is 11.8 Å². The Morgan fingerprint density at radius 1 is 1.15 bits per heavy atom. The normalized spacial score (nSPS) is 16.1. The average molecular weight is 275 g/mol. The average Bonchev–Trinajstić information content (AvgIpc) is 2.45. The topological polar surface area (TPSA) is 66.6 Å². The highest BCUT2D eigenvalue weighted by molar-refractivity contribution is 5.94. The van der Waals surface area contributed by atoms with Gasteiger partial charge in [0, 0.05) is 45.2 Å². The first-order valence-corrected chi connectivity index (χ1v) is 6.93. The molecule has 2 amide bonds. The summed E-state index contributed by atoms with van der Waals surface area (Å²) in [7, 11) is 0. The van der Waals surface area contributed by atoms with Crippen LogP contribution in [0.5, 0.6) is 0 Å². The lowest BCUT2D eigenvalue weighted by Crippen LogP contribution is -2.48. The Kier molecular flexibility index (Phi) is 4.74. The summed E-state index contributed by atoms with van der Waals surface area (Å²) in [5.74, 6) is -0.231. The highest BCUT2D eigenvalue weighted by Gasteiger charge is 2.18. The fourth-order valence-electron chi connectivity index (χ4n) is 2.54. The minimum absolute atomic E-state index is 0.142. The molecule has 0 aliphatic carbocycles. The number of hydrogen-bond donors (Lipinski definition) is 1. The second-order valence-electron chi connectivity index (χ2n) is 5.12. The van der Waals surface area contributed by atoms with Crippen LogP contribution in [-0.4, -0.2) is 54.3 Å². The third-order valence-corrected chi connectivity index (χ3v) is 3.80. The summed E-state index contributed by atoms with van der Waals surface area (Å²) < 4.78 is 0. The molecule has 5 nitrogen and oxygen atoms in total. The summed E-state index contributed by atoms with van der Waals surface area (Å²) in [6.07, 6.45) is 0.805. The molecule has 2 rings (SSSR count). The van der Waals surface area contributed by atoms with Gasteiger partial charge in [-0.25, -0.2) is 0 Å². The van der Waals surface area contributed by atoms with Crippen molar-refractivity contribution in [3.05, 3.63) is 35.4 Å². The zero-order chi connectivity index (χ0) is 14.5. The largest absolute Gasteiger partial charge is 0.366 e. The van der Waals surface area contributed by atoms with Crippen LogP contribution >= 0.6 is 0 Å². The second-order valence-corrected chi connectivity index (χ2v) is 5.12. The SMILES string of the molecule is CC(=O)N1CCN(CCc2ccccc2C(N)=O)CC1. The van der Waals surface area contributed by atoms with Crippen molar-refractivity contribution in [3.8, 4) is 0 Å². The van der Waals surface area contributed by atoms with E-state index in [4.69, 9.17) is 5.73 Å². The Hall–Kier alpha value is -1.88. The van der Waals surface area contributed by atoms with Gasteiger partial charge in [-0.3, -0.25) is 14.5 Å². The van der Waals surface area contributed by atoms with Crippen molar-refractivity contribution < 1.29 is 9.59 Å². The first kappa shape index (κ1) is 14.5. The van der Waals surface area contributed by atoms with Crippen LogP contribution in [0.1, 0.15) is 22.8 Å². The zero-order valence-corrected chi connectivity index (χ0v) is 11.8. The minimum Gasteiger partial charge on any atom is -0.366 e. The van der Waals surface area contributed by atoms with Crippen LogP contribution in [0.3, 0.4) is 0 Å². The fourth-order valence-corrected chi connectivity index (χ4v) is 2.54. The monoisotopic (exact) mass is 275 g/mol. The highest BCUT2D eigenvalue weighted by Crippen LogP contribution is 2.10. The number of nitrogens with zero attached hydrogens (tertiary/aromatic N) is 2. The van der Waals surface area contributed by atoms with Gasteiger partial charge >= 0.3 is 0 Å². The van der Waals surface area contributed by atoms with Gasteiger partial charge in [-0.05, 0) is 18.1 Å². The number of amides is 2. The summed E-state index contributed by atoms with van der Waals surface area (Å²) in [6.45, 7) is 5.84. The van der Waals surface area contributed by atoms with Gasteiger partial charge < -0.3 is 10.6 Å². The Morgan fingerprint density at radius 3 is 2.40 bits per heavy atom. The van der Waals surface area contributed by atoms with Crippen LogP contribution in [0.4, 0.5) is 0 Å². The lowest BCUT2D eigenvalue weighted by Gasteiger charge is -2.34. The van der Waals surface area contributed by atoms with Crippen LogP contribution in [0.15, 0.2) is 24.3 Å². The Morgan fingerprint density at radius 2 is 1.80 bits per heavy atom. The number of nitrogens with two attached hydrogens (primary N) is 1. The fraction of sp³-hybridized carbons (Fsp3) is 0.467. The summed E-state index contributed by atoms with van der Waals surface area (Å²) in [6, 6.07) is 7.47. The maximum absolute atomic E-state index is 11.4. The van der Waals surface area contributed by atoms with E-state index in [0.29, 0.717) is 5.56 Å². The Bertz CT molecular complexity index is 494. The van der Waals surface area contributed by atoms with Crippen molar-refractivity contribution in [3.63, 3.8) is 0 Å². The van der Waals surface area contributed by atoms with Crippen molar-refractivity contribution in [1.82, 2.24) is 9.80 Å². The molecular formula is C15H21N3O2. The van der Waals surface area contributed by atoms with E-state index >= 15 is 0 Å². The van der Waals surface area contributed by atoms with E-state index < -0.39 is 0 Å². The van der Waals surface area contributed by atoms with E-state index in [9.17, 15) is 9.59 Å². The molecule has 0 atom stereocenters. The molecular weight excluding hydrogens is 254 g/mol. The smallest absolute Gasteiger partial charge is 0.248 e. The molecule has 108 valence electrons. The lowest BCUT2D eigenvalue weighted by molar-refractivity contribution is -0.130. The number of piperazine rings is 1. The van der Waals surface area contributed by atoms with E-state index in [1.54, 1.807) is 13.0 Å². The summed E-state index contributed by atoms with van der Waals surface area (Å²) in [4.78, 5) is 26.8. The van der Waals surface area contributed by atoms with Gasteiger partial charge in [0.15, 0.2) is 0 Å². The highest BCUT2D eigenvalue weighted by atomic mass is 16.2. The molecule has 0 bridgehead atoms. The molecule has 1 heterocycles. The molecule has 1 saturated heterocycles. The van der Waals surface area contributed by atoms with Crippen LogP contribution in [0.25, 0.3) is 0 Å². The Labute approximate surface area is 119 Å². The number of rotatable bonds is 4. The zero-order valence-electron chi connectivity index (χ0n) is 11.8. The number of carbonyl (C=O) groups excluding carboxylic acids is 2. The predicted octanol–water partition coefficient (Wildman–Crippen LogP) is 0.492. The third-order valence-electron chi connectivity index (χ3n) is 3.80. The standard InChI is InChI=1S/C15H21N3O2/c1-12(19)18-10-8-17(9-11-18)7-6-13-4-2-3-5-14(13)15(16)20/h2-5H,6-11H2,1H3,(H2,16,20). The predicted molar refractivity (Wildman–Crippen MR) is 77.4 cm³/mol. The van der Waals surface area contributed by atoms with Gasteiger partial charge in [0.1, 0.15) is 0 Å². The molecule has 1 aromatic carbocycles. The summed E-state index contributed by atoms with van der Waals surface area (Å²) >= 11 is 0. The minimum atomic E-state index is -0.373. The molecule has 0 saturated carbocycles. The van der Waals surface area contributed by atoms with Crippen LogP contribution < -0.4 is 5.73 Å². The number of hydrogen-bond acceptors (Lipinski definition) is 3. The van der Waals surface area contributed by atoms with E-state index in [1.807, 2.05) is 23.1 Å². The first-order valence-electron chi connectivity index (χ1n) is 6.93. The molecule has 1 aliphatic rings. The molecule has 0 unspecified atom stereocenters. The second kappa shape index (κ2) is 6.52. The van der Waals surface area contributed by atoms with Crippen molar-refractivity contribution in [2.24, 2.45) is 5.73 Å². The molecule has 2 N–H and O–H groups in total. The van der Waals surface area contributed by atoms with Crippen molar-refractivity contribution in [1.29, 1.82) is 0 Å². The maximum Gasteiger partial charge on any atom is 0.248 e. The maximum atomic E-state index is 11.4. The van der Waals surface area contributed by atoms with Gasteiger partial charge in [0.05, 0.1) is 0 Å².